The smallest absolute Gasteiger partial charge is 0.402 e. The lowest BCUT2D eigenvalue weighted by Crippen LogP contribution is -2.25. The Bertz CT molecular complexity index is 61.8. The quantitative estimate of drug-likeness (QED) is 0.318. The first-order valence-electron chi connectivity index (χ1n) is 2.95. The minimum atomic E-state index is -1.64. The highest BCUT2D eigenvalue weighted by Crippen LogP contribution is 1.72. The Morgan fingerprint density at radius 3 is 2.67 bits per heavy atom. The summed E-state index contributed by atoms with van der Waals surface area (Å²) in [4.78, 5) is 0. The summed E-state index contributed by atoms with van der Waals surface area (Å²) in [5, 5.41) is 19.3. The lowest BCUT2D eigenvalue weighted by atomic mass is 10.3. The lowest BCUT2D eigenvalue weighted by Gasteiger charge is -2.01. The van der Waals surface area contributed by atoms with E-state index in [2.05, 4.69) is 9.97 Å². The van der Waals surface area contributed by atoms with Crippen molar-refractivity contribution in [2.75, 3.05) is 19.7 Å². The van der Waals surface area contributed by atoms with Crippen molar-refractivity contribution in [1.82, 2.24) is 5.32 Å². The molecule has 0 saturated heterocycles. The second-order valence-electron chi connectivity index (χ2n) is 1.55. The standard InChI is InChI=1S/C4H12BNO3/c1-2-6-3-4-9-5(7)8/h6-8H,2-4H2,1H3. The van der Waals surface area contributed by atoms with E-state index in [0.717, 1.165) is 6.54 Å². The minimum absolute atomic E-state index is 0.325. The van der Waals surface area contributed by atoms with E-state index >= 15 is 0 Å². The summed E-state index contributed by atoms with van der Waals surface area (Å²) in [6.07, 6.45) is 0. The molecule has 0 aliphatic rings. The molecule has 0 rings (SSSR count). The molecule has 54 valence electrons. The van der Waals surface area contributed by atoms with Gasteiger partial charge < -0.3 is 20.0 Å². The molecule has 0 fully saturated rings. The lowest BCUT2D eigenvalue weighted by molar-refractivity contribution is 0.187. The van der Waals surface area contributed by atoms with E-state index in [0.29, 0.717) is 13.2 Å². The van der Waals surface area contributed by atoms with Crippen molar-refractivity contribution in [2.24, 2.45) is 0 Å². The summed E-state index contributed by atoms with van der Waals surface area (Å²) in [6, 6.07) is 0. The number of likely N-dealkylation sites (N-methyl/N-ethyl adjacent to an activating group) is 1. The van der Waals surface area contributed by atoms with Crippen LogP contribution in [-0.2, 0) is 4.65 Å². The largest absolute Gasteiger partial charge is 0.633 e. The van der Waals surface area contributed by atoms with Gasteiger partial charge in [0, 0.05) is 13.2 Å². The normalized spacial score (nSPS) is 9.67. The Morgan fingerprint density at radius 1 is 1.56 bits per heavy atom. The molecule has 0 aliphatic carbocycles. The molecule has 0 spiro atoms. The summed E-state index contributed by atoms with van der Waals surface area (Å²) in [7, 11) is -1.64. The van der Waals surface area contributed by atoms with Crippen LogP contribution in [0.3, 0.4) is 0 Å². The van der Waals surface area contributed by atoms with Gasteiger partial charge in [-0.25, -0.2) is 0 Å². The summed E-state index contributed by atoms with van der Waals surface area (Å²) in [5.41, 5.74) is 0. The Labute approximate surface area is 55.0 Å². The number of hydrogen-bond acceptors (Lipinski definition) is 4. The van der Waals surface area contributed by atoms with Crippen LogP contribution in [0.2, 0.25) is 0 Å². The molecular weight excluding hydrogens is 121 g/mol. The van der Waals surface area contributed by atoms with Crippen LogP contribution < -0.4 is 5.32 Å². The fourth-order valence-electron chi connectivity index (χ4n) is 0.413. The van der Waals surface area contributed by atoms with E-state index in [-0.39, 0.29) is 0 Å². The van der Waals surface area contributed by atoms with Crippen LogP contribution in [0.5, 0.6) is 0 Å². The fourth-order valence-corrected chi connectivity index (χ4v) is 0.413. The Balaban J connectivity index is 2.75. The average Bonchev–Trinajstić information content (AvgIpc) is 1.80. The highest BCUT2D eigenvalue weighted by molar-refractivity contribution is 6.32. The molecule has 0 unspecified atom stereocenters. The third-order valence-electron chi connectivity index (χ3n) is 0.796. The molecule has 5 heteroatoms. The Kier molecular flexibility index (Phi) is 5.97. The van der Waals surface area contributed by atoms with Crippen LogP contribution in [0.4, 0.5) is 0 Å². The van der Waals surface area contributed by atoms with Crippen LogP contribution in [-0.4, -0.2) is 37.1 Å². The number of hydrogen-bond donors (Lipinski definition) is 3. The van der Waals surface area contributed by atoms with Gasteiger partial charge in [-0.05, 0) is 6.54 Å². The van der Waals surface area contributed by atoms with E-state index in [1.807, 2.05) is 6.92 Å². The van der Waals surface area contributed by atoms with Crippen LogP contribution in [0.15, 0.2) is 0 Å². The van der Waals surface area contributed by atoms with E-state index in [1.54, 1.807) is 0 Å². The maximum Gasteiger partial charge on any atom is 0.633 e. The summed E-state index contributed by atoms with van der Waals surface area (Å²) in [6.45, 7) is 3.81. The second kappa shape index (κ2) is 6.03. The van der Waals surface area contributed by atoms with Crippen molar-refractivity contribution in [3.63, 3.8) is 0 Å². The third-order valence-corrected chi connectivity index (χ3v) is 0.796. The van der Waals surface area contributed by atoms with Gasteiger partial charge >= 0.3 is 7.32 Å². The van der Waals surface area contributed by atoms with Gasteiger partial charge in [0.05, 0.1) is 0 Å². The van der Waals surface area contributed by atoms with Gasteiger partial charge in [-0.2, -0.15) is 0 Å². The summed E-state index contributed by atoms with van der Waals surface area (Å²) >= 11 is 0. The van der Waals surface area contributed by atoms with Crippen molar-refractivity contribution >= 4 is 7.32 Å². The first-order chi connectivity index (χ1) is 4.27. The Hall–Kier alpha value is -0.0951. The first kappa shape index (κ1) is 8.90. The fraction of sp³-hybridized carbons (Fsp3) is 1.00. The maximum absolute atomic E-state index is 8.16. The van der Waals surface area contributed by atoms with Gasteiger partial charge in [-0.15, -0.1) is 0 Å². The van der Waals surface area contributed by atoms with Crippen molar-refractivity contribution in [3.8, 4) is 0 Å². The molecule has 0 atom stereocenters. The van der Waals surface area contributed by atoms with Crippen LogP contribution in [0, 0.1) is 0 Å². The molecule has 3 N–H and O–H groups in total. The maximum atomic E-state index is 8.16. The SMILES string of the molecule is CCNCCOB(O)O. The summed E-state index contributed by atoms with van der Waals surface area (Å²) in [5.74, 6) is 0. The van der Waals surface area contributed by atoms with Crippen molar-refractivity contribution in [3.05, 3.63) is 0 Å². The topological polar surface area (TPSA) is 61.7 Å². The molecule has 0 aliphatic heterocycles. The average molecular weight is 133 g/mol. The molecule has 0 saturated carbocycles. The zero-order valence-corrected chi connectivity index (χ0v) is 5.50. The molecule has 0 amide bonds. The zero-order chi connectivity index (χ0) is 7.11. The van der Waals surface area contributed by atoms with Crippen LogP contribution in [0.25, 0.3) is 0 Å². The van der Waals surface area contributed by atoms with Gasteiger partial charge in [0.15, 0.2) is 0 Å². The first-order valence-corrected chi connectivity index (χ1v) is 2.95. The van der Waals surface area contributed by atoms with Gasteiger partial charge in [-0.1, -0.05) is 6.92 Å². The molecular formula is C4H12BNO3. The van der Waals surface area contributed by atoms with Crippen molar-refractivity contribution in [2.45, 2.75) is 6.92 Å². The predicted octanol–water partition coefficient (Wildman–Crippen LogP) is -1.42. The van der Waals surface area contributed by atoms with Crippen molar-refractivity contribution < 1.29 is 14.7 Å². The monoisotopic (exact) mass is 133 g/mol. The number of nitrogens with one attached hydrogen (secondary N) is 1. The van der Waals surface area contributed by atoms with Crippen LogP contribution in [0.1, 0.15) is 6.92 Å². The van der Waals surface area contributed by atoms with Gasteiger partial charge in [0.25, 0.3) is 0 Å². The van der Waals surface area contributed by atoms with E-state index in [4.69, 9.17) is 10.0 Å². The molecule has 4 nitrogen and oxygen atoms in total. The predicted molar refractivity (Wildman–Crippen MR) is 34.7 cm³/mol. The minimum Gasteiger partial charge on any atom is -0.402 e. The van der Waals surface area contributed by atoms with E-state index in [1.165, 1.54) is 0 Å². The van der Waals surface area contributed by atoms with E-state index in [9.17, 15) is 0 Å². The van der Waals surface area contributed by atoms with E-state index < -0.39 is 7.32 Å². The van der Waals surface area contributed by atoms with Crippen LogP contribution >= 0.6 is 0 Å². The highest BCUT2D eigenvalue weighted by Gasteiger charge is 2.05. The molecule has 0 aromatic rings. The molecule has 0 aromatic carbocycles. The highest BCUT2D eigenvalue weighted by atomic mass is 16.6. The molecule has 0 heterocycles. The van der Waals surface area contributed by atoms with Gasteiger partial charge in [-0.3, -0.25) is 0 Å². The molecule has 0 radical (unpaired) electrons. The van der Waals surface area contributed by atoms with Gasteiger partial charge in [0.2, 0.25) is 0 Å². The van der Waals surface area contributed by atoms with Crippen molar-refractivity contribution in [1.29, 1.82) is 0 Å². The number of rotatable bonds is 5. The Morgan fingerprint density at radius 2 is 2.22 bits per heavy atom. The summed E-state index contributed by atoms with van der Waals surface area (Å²) < 4.78 is 4.39. The third kappa shape index (κ3) is 7.90. The molecule has 9 heavy (non-hydrogen) atoms. The second-order valence-corrected chi connectivity index (χ2v) is 1.55. The van der Waals surface area contributed by atoms with Gasteiger partial charge in [0.1, 0.15) is 0 Å². The molecule has 0 bridgehead atoms. The zero-order valence-electron chi connectivity index (χ0n) is 5.50. The molecule has 0 aromatic heterocycles.